The molecular weight excluding hydrogens is 253 g/mol. The summed E-state index contributed by atoms with van der Waals surface area (Å²) in [6, 6.07) is 1.24. The summed E-state index contributed by atoms with van der Waals surface area (Å²) in [6.45, 7) is 0. The Hall–Kier alpha value is -0.420. The fourth-order valence-corrected chi connectivity index (χ4v) is 1.13. The first-order valence-corrected chi connectivity index (χ1v) is 4.09. The third kappa shape index (κ3) is 1.84. The number of nitrogen functional groups attached to an aromatic ring is 1. The second kappa shape index (κ2) is 3.53. The van der Waals surface area contributed by atoms with Crippen molar-refractivity contribution in [3.05, 3.63) is 21.4 Å². The summed E-state index contributed by atoms with van der Waals surface area (Å²) in [5, 5.41) is 0.219. The number of pyridine rings is 1. The first-order valence-electron chi connectivity index (χ1n) is 2.92. The lowest BCUT2D eigenvalue weighted by Gasteiger charge is -2.04. The van der Waals surface area contributed by atoms with E-state index in [0.29, 0.717) is 0 Å². The highest BCUT2D eigenvalue weighted by Crippen LogP contribution is 2.29. The summed E-state index contributed by atoms with van der Waals surface area (Å²) in [5.74, 6) is 0. The Balaban J connectivity index is 3.23. The van der Waals surface area contributed by atoms with E-state index in [1.165, 1.54) is 6.07 Å². The molecule has 0 radical (unpaired) electrons. The van der Waals surface area contributed by atoms with Crippen LogP contribution in [0.1, 0.15) is 12.1 Å². The van der Waals surface area contributed by atoms with Crippen molar-refractivity contribution in [3.8, 4) is 0 Å². The van der Waals surface area contributed by atoms with Crippen LogP contribution in [0.2, 0.25) is 5.02 Å². The zero-order valence-corrected chi connectivity index (χ0v) is 8.03. The second-order valence-electron chi connectivity index (χ2n) is 2.04. The van der Waals surface area contributed by atoms with Crippen LogP contribution in [0.5, 0.6) is 0 Å². The summed E-state index contributed by atoms with van der Waals surface area (Å²) in [5.41, 5.74) is 4.69. The van der Waals surface area contributed by atoms with E-state index in [-0.39, 0.29) is 15.3 Å². The monoisotopic (exact) mass is 256 g/mol. The van der Waals surface area contributed by atoms with Crippen LogP contribution in [0.4, 0.5) is 14.5 Å². The number of halogens is 4. The summed E-state index contributed by atoms with van der Waals surface area (Å²) >= 11 is 8.47. The smallest absolute Gasteiger partial charge is 0.282 e. The molecule has 2 nitrogen and oxygen atoms in total. The van der Waals surface area contributed by atoms with Gasteiger partial charge in [-0.25, -0.2) is 13.8 Å². The van der Waals surface area contributed by atoms with Crippen LogP contribution in [0.25, 0.3) is 0 Å². The lowest BCUT2D eigenvalue weighted by Crippen LogP contribution is -1.98. The molecule has 0 bridgehead atoms. The molecule has 0 amide bonds. The van der Waals surface area contributed by atoms with E-state index >= 15 is 0 Å². The maximum atomic E-state index is 12.1. The van der Waals surface area contributed by atoms with Gasteiger partial charge in [0.25, 0.3) is 6.43 Å². The molecule has 0 unspecified atom stereocenters. The second-order valence-corrected chi connectivity index (χ2v) is 3.19. The largest absolute Gasteiger partial charge is 0.397 e. The first kappa shape index (κ1) is 9.67. The van der Waals surface area contributed by atoms with Gasteiger partial charge in [-0.2, -0.15) is 0 Å². The predicted octanol–water partition coefficient (Wildman–Crippen LogP) is 3.02. The third-order valence-electron chi connectivity index (χ3n) is 1.20. The topological polar surface area (TPSA) is 38.9 Å². The Bertz CT molecular complexity index is 306. The maximum Gasteiger partial charge on any atom is 0.282 e. The molecule has 0 aromatic carbocycles. The van der Waals surface area contributed by atoms with E-state index in [0.717, 1.165) is 0 Å². The number of hydrogen-bond acceptors (Lipinski definition) is 2. The van der Waals surface area contributed by atoms with Crippen molar-refractivity contribution in [1.82, 2.24) is 4.98 Å². The van der Waals surface area contributed by atoms with Crippen molar-refractivity contribution in [1.29, 1.82) is 0 Å². The van der Waals surface area contributed by atoms with Crippen molar-refractivity contribution < 1.29 is 8.78 Å². The van der Waals surface area contributed by atoms with Crippen LogP contribution in [0.3, 0.4) is 0 Å². The Morgan fingerprint density at radius 2 is 2.17 bits per heavy atom. The van der Waals surface area contributed by atoms with E-state index in [9.17, 15) is 8.78 Å². The molecule has 2 N–H and O–H groups in total. The van der Waals surface area contributed by atoms with Gasteiger partial charge in [-0.15, -0.1) is 0 Å². The van der Waals surface area contributed by atoms with Crippen LogP contribution in [0.15, 0.2) is 10.7 Å². The molecule has 0 aliphatic heterocycles. The number of nitrogens with two attached hydrogens (primary N) is 1. The van der Waals surface area contributed by atoms with Crippen molar-refractivity contribution in [2.45, 2.75) is 6.43 Å². The van der Waals surface area contributed by atoms with Gasteiger partial charge >= 0.3 is 0 Å². The number of aromatic nitrogens is 1. The molecule has 0 spiro atoms. The molecule has 1 heterocycles. The Morgan fingerprint density at radius 1 is 1.58 bits per heavy atom. The summed E-state index contributed by atoms with van der Waals surface area (Å²) in [7, 11) is 0. The SMILES string of the molecule is Nc1cc(Cl)c(Br)nc1C(F)F. The Labute approximate surface area is 80.9 Å². The predicted molar refractivity (Wildman–Crippen MR) is 46.3 cm³/mol. The first-order chi connectivity index (χ1) is 5.52. The Kier molecular flexibility index (Phi) is 2.85. The molecular formula is C6H4BrClF2N2. The van der Waals surface area contributed by atoms with Gasteiger partial charge in [0.05, 0.1) is 10.7 Å². The van der Waals surface area contributed by atoms with E-state index in [2.05, 4.69) is 20.9 Å². The van der Waals surface area contributed by atoms with Gasteiger partial charge in [0.15, 0.2) is 0 Å². The van der Waals surface area contributed by atoms with Gasteiger partial charge in [-0.05, 0) is 22.0 Å². The lowest BCUT2D eigenvalue weighted by molar-refractivity contribution is 0.147. The van der Waals surface area contributed by atoms with Crippen molar-refractivity contribution in [2.24, 2.45) is 0 Å². The standard InChI is InChI=1S/C6H4BrClF2N2/c7-5-2(8)1-3(11)4(12-5)6(9)10/h1,6H,11H2. The molecule has 0 saturated carbocycles. The Morgan fingerprint density at radius 3 is 2.67 bits per heavy atom. The van der Waals surface area contributed by atoms with Crippen LogP contribution in [-0.2, 0) is 0 Å². The summed E-state index contributed by atoms with van der Waals surface area (Å²) in [4.78, 5) is 3.48. The van der Waals surface area contributed by atoms with Crippen molar-refractivity contribution in [2.75, 3.05) is 5.73 Å². The lowest BCUT2D eigenvalue weighted by atomic mass is 10.3. The molecule has 1 rings (SSSR count). The molecule has 0 fully saturated rings. The van der Waals surface area contributed by atoms with Gasteiger partial charge < -0.3 is 5.73 Å². The molecule has 0 aliphatic rings. The van der Waals surface area contributed by atoms with Gasteiger partial charge in [0.1, 0.15) is 10.3 Å². The molecule has 0 atom stereocenters. The molecule has 12 heavy (non-hydrogen) atoms. The zero-order valence-electron chi connectivity index (χ0n) is 5.69. The molecule has 6 heteroatoms. The normalized spacial score (nSPS) is 10.8. The quantitative estimate of drug-likeness (QED) is 0.786. The number of hydrogen-bond donors (Lipinski definition) is 1. The van der Waals surface area contributed by atoms with E-state index in [1.807, 2.05) is 0 Å². The summed E-state index contributed by atoms with van der Waals surface area (Å²) < 4.78 is 24.4. The minimum atomic E-state index is -2.68. The highest BCUT2D eigenvalue weighted by atomic mass is 79.9. The minimum absolute atomic E-state index is 0.0989. The van der Waals surface area contributed by atoms with Gasteiger partial charge in [-0.1, -0.05) is 11.6 Å². The highest BCUT2D eigenvalue weighted by molar-refractivity contribution is 9.10. The van der Waals surface area contributed by atoms with Crippen LogP contribution in [0, 0.1) is 0 Å². The highest BCUT2D eigenvalue weighted by Gasteiger charge is 2.15. The van der Waals surface area contributed by atoms with Gasteiger partial charge in [0.2, 0.25) is 0 Å². The number of rotatable bonds is 1. The van der Waals surface area contributed by atoms with E-state index < -0.39 is 12.1 Å². The number of alkyl halides is 2. The van der Waals surface area contributed by atoms with Crippen LogP contribution < -0.4 is 5.73 Å². The molecule has 66 valence electrons. The number of nitrogens with zero attached hydrogens (tertiary/aromatic N) is 1. The van der Waals surface area contributed by atoms with Gasteiger partial charge in [-0.3, -0.25) is 0 Å². The van der Waals surface area contributed by atoms with Crippen molar-refractivity contribution in [3.63, 3.8) is 0 Å². The average molecular weight is 257 g/mol. The molecule has 0 aliphatic carbocycles. The van der Waals surface area contributed by atoms with Crippen LogP contribution >= 0.6 is 27.5 Å². The fraction of sp³-hybridized carbons (Fsp3) is 0.167. The molecule has 0 saturated heterocycles. The average Bonchev–Trinajstić information content (AvgIpc) is 1.96. The van der Waals surface area contributed by atoms with E-state index in [1.54, 1.807) is 0 Å². The third-order valence-corrected chi connectivity index (χ3v) is 2.32. The van der Waals surface area contributed by atoms with Crippen LogP contribution in [-0.4, -0.2) is 4.98 Å². The van der Waals surface area contributed by atoms with Crippen molar-refractivity contribution >= 4 is 33.2 Å². The van der Waals surface area contributed by atoms with E-state index in [4.69, 9.17) is 17.3 Å². The molecule has 1 aromatic rings. The maximum absolute atomic E-state index is 12.1. The number of anilines is 1. The molecule has 1 aromatic heterocycles. The minimum Gasteiger partial charge on any atom is -0.397 e. The van der Waals surface area contributed by atoms with Gasteiger partial charge in [0, 0.05) is 0 Å². The zero-order chi connectivity index (χ0) is 9.30. The summed E-state index contributed by atoms with van der Waals surface area (Å²) in [6.07, 6.45) is -2.68. The fourth-order valence-electron chi connectivity index (χ4n) is 0.669.